The maximum absolute atomic E-state index is 11.2. The molecule has 21 heavy (non-hydrogen) atoms. The minimum absolute atomic E-state index is 0.178. The highest BCUT2D eigenvalue weighted by Crippen LogP contribution is 2.29. The predicted molar refractivity (Wildman–Crippen MR) is 87.1 cm³/mol. The minimum atomic E-state index is -0.309. The zero-order valence-electron chi connectivity index (χ0n) is 12.3. The Morgan fingerprint density at radius 1 is 1.52 bits per heavy atom. The van der Waals surface area contributed by atoms with E-state index < -0.39 is 0 Å². The van der Waals surface area contributed by atoms with E-state index in [2.05, 4.69) is 27.8 Å². The largest absolute Gasteiger partial charge is 0.329 e. The van der Waals surface area contributed by atoms with Gasteiger partial charge in [-0.05, 0) is 37.4 Å². The highest BCUT2D eigenvalue weighted by Gasteiger charge is 2.28. The second-order valence-corrected chi connectivity index (χ2v) is 6.60. The molecular weight excluding hydrogens is 334 g/mol. The van der Waals surface area contributed by atoms with E-state index in [9.17, 15) is 10.1 Å². The molecule has 0 aromatic heterocycles. The number of nitro groups is 1. The van der Waals surface area contributed by atoms with Gasteiger partial charge in [0.05, 0.1) is 4.92 Å². The highest BCUT2D eigenvalue weighted by atomic mass is 79.9. The molecular formula is C15H22BrN3O2. The maximum atomic E-state index is 11.2. The molecule has 2 atom stereocenters. The molecule has 2 unspecified atom stereocenters. The number of rotatable bonds is 5. The first-order valence-corrected chi connectivity index (χ1v) is 8.21. The summed E-state index contributed by atoms with van der Waals surface area (Å²) in [5, 5.41) is 11.2. The first kappa shape index (κ1) is 16.4. The molecule has 1 aromatic carbocycles. The first-order chi connectivity index (χ1) is 10.0. The van der Waals surface area contributed by atoms with Crippen LogP contribution in [0.1, 0.15) is 31.7 Å². The summed E-state index contributed by atoms with van der Waals surface area (Å²) in [7, 11) is 0. The number of hydrogen-bond donors (Lipinski definition) is 1. The SMILES string of the molecule is CCC1CCN(Cc2ccc(Br)cc2[N+](=O)[O-])C(CN)C1. The van der Waals surface area contributed by atoms with E-state index in [1.165, 1.54) is 6.42 Å². The normalized spacial score (nSPS) is 23.2. The molecule has 0 spiro atoms. The Kier molecular flexibility index (Phi) is 5.72. The summed E-state index contributed by atoms with van der Waals surface area (Å²) in [6.45, 7) is 4.39. The van der Waals surface area contributed by atoms with Crippen LogP contribution in [-0.2, 0) is 6.54 Å². The third kappa shape index (κ3) is 4.02. The Hall–Kier alpha value is -0.980. The van der Waals surface area contributed by atoms with Crippen molar-refractivity contribution in [1.82, 2.24) is 4.90 Å². The van der Waals surface area contributed by atoms with Crippen LogP contribution >= 0.6 is 15.9 Å². The van der Waals surface area contributed by atoms with Gasteiger partial charge in [-0.15, -0.1) is 0 Å². The molecule has 5 nitrogen and oxygen atoms in total. The van der Waals surface area contributed by atoms with Gasteiger partial charge >= 0.3 is 0 Å². The number of nitrogens with zero attached hydrogens (tertiary/aromatic N) is 2. The summed E-state index contributed by atoms with van der Waals surface area (Å²) in [5.41, 5.74) is 6.84. The van der Waals surface area contributed by atoms with Crippen molar-refractivity contribution in [3.05, 3.63) is 38.3 Å². The van der Waals surface area contributed by atoms with Gasteiger partial charge in [0.2, 0.25) is 0 Å². The van der Waals surface area contributed by atoms with Crippen LogP contribution < -0.4 is 5.73 Å². The molecule has 1 fully saturated rings. The number of benzene rings is 1. The zero-order chi connectivity index (χ0) is 15.4. The van der Waals surface area contributed by atoms with Crippen molar-refractivity contribution in [2.24, 2.45) is 11.7 Å². The minimum Gasteiger partial charge on any atom is -0.329 e. The summed E-state index contributed by atoms with van der Waals surface area (Å²) < 4.78 is 0.734. The Morgan fingerprint density at radius 2 is 2.29 bits per heavy atom. The van der Waals surface area contributed by atoms with Gasteiger partial charge in [0, 0.05) is 35.2 Å². The van der Waals surface area contributed by atoms with Crippen molar-refractivity contribution in [2.45, 2.75) is 38.8 Å². The summed E-state index contributed by atoms with van der Waals surface area (Å²) in [6, 6.07) is 5.60. The number of hydrogen-bond acceptors (Lipinski definition) is 4. The Balaban J connectivity index is 2.15. The average Bonchev–Trinajstić information content (AvgIpc) is 2.49. The van der Waals surface area contributed by atoms with Crippen LogP contribution in [0.3, 0.4) is 0 Å². The maximum Gasteiger partial charge on any atom is 0.275 e. The third-order valence-electron chi connectivity index (χ3n) is 4.41. The molecule has 116 valence electrons. The molecule has 1 aliphatic heterocycles. The van der Waals surface area contributed by atoms with Crippen LogP contribution in [0.5, 0.6) is 0 Å². The second-order valence-electron chi connectivity index (χ2n) is 5.69. The summed E-state index contributed by atoms with van der Waals surface area (Å²) >= 11 is 3.29. The molecule has 1 saturated heterocycles. The van der Waals surface area contributed by atoms with Gasteiger partial charge in [-0.1, -0.05) is 29.3 Å². The van der Waals surface area contributed by atoms with Crippen LogP contribution in [0.4, 0.5) is 5.69 Å². The summed E-state index contributed by atoms with van der Waals surface area (Å²) in [5.74, 6) is 0.731. The van der Waals surface area contributed by atoms with Crippen LogP contribution in [0.2, 0.25) is 0 Å². The molecule has 1 aliphatic rings. The van der Waals surface area contributed by atoms with E-state index in [0.29, 0.717) is 19.1 Å². The molecule has 0 amide bonds. The number of halogens is 1. The third-order valence-corrected chi connectivity index (χ3v) is 4.91. The highest BCUT2D eigenvalue weighted by molar-refractivity contribution is 9.10. The lowest BCUT2D eigenvalue weighted by molar-refractivity contribution is -0.385. The topological polar surface area (TPSA) is 72.4 Å². The molecule has 1 aromatic rings. The Labute approximate surface area is 133 Å². The summed E-state index contributed by atoms with van der Waals surface area (Å²) in [4.78, 5) is 13.2. The first-order valence-electron chi connectivity index (χ1n) is 7.42. The van der Waals surface area contributed by atoms with Crippen LogP contribution in [0.15, 0.2) is 22.7 Å². The second kappa shape index (κ2) is 7.33. The van der Waals surface area contributed by atoms with Crippen molar-refractivity contribution in [3.8, 4) is 0 Å². The fourth-order valence-electron chi connectivity index (χ4n) is 3.07. The van der Waals surface area contributed by atoms with Gasteiger partial charge in [0.15, 0.2) is 0 Å². The van der Waals surface area contributed by atoms with Crippen LogP contribution in [0.25, 0.3) is 0 Å². The van der Waals surface area contributed by atoms with E-state index in [0.717, 1.165) is 35.3 Å². The Bertz CT molecular complexity index is 510. The molecule has 2 N–H and O–H groups in total. The van der Waals surface area contributed by atoms with Gasteiger partial charge in [-0.3, -0.25) is 15.0 Å². The molecule has 0 bridgehead atoms. The lowest BCUT2D eigenvalue weighted by atomic mass is 9.88. The van der Waals surface area contributed by atoms with Crippen molar-refractivity contribution < 1.29 is 4.92 Å². The van der Waals surface area contributed by atoms with E-state index in [1.807, 2.05) is 12.1 Å². The fourth-order valence-corrected chi connectivity index (χ4v) is 3.42. The zero-order valence-corrected chi connectivity index (χ0v) is 13.9. The predicted octanol–water partition coefficient (Wildman–Crippen LogP) is 3.31. The number of piperidine rings is 1. The molecule has 1 heterocycles. The van der Waals surface area contributed by atoms with E-state index >= 15 is 0 Å². The van der Waals surface area contributed by atoms with Gasteiger partial charge in [-0.2, -0.15) is 0 Å². The quantitative estimate of drug-likeness (QED) is 0.649. The molecule has 0 radical (unpaired) electrons. The van der Waals surface area contributed by atoms with Gasteiger partial charge in [0.1, 0.15) is 0 Å². The lowest BCUT2D eigenvalue weighted by Crippen LogP contribution is -2.46. The Morgan fingerprint density at radius 3 is 2.90 bits per heavy atom. The van der Waals surface area contributed by atoms with Crippen molar-refractivity contribution >= 4 is 21.6 Å². The molecule has 2 rings (SSSR count). The van der Waals surface area contributed by atoms with Gasteiger partial charge < -0.3 is 5.73 Å². The van der Waals surface area contributed by atoms with Crippen molar-refractivity contribution in [3.63, 3.8) is 0 Å². The standard InChI is InChI=1S/C15H22BrN3O2/c1-2-11-5-6-18(14(7-11)9-17)10-12-3-4-13(16)8-15(12)19(20)21/h3-4,8,11,14H,2,5-7,9-10,17H2,1H3. The number of likely N-dealkylation sites (tertiary alicyclic amines) is 1. The lowest BCUT2D eigenvalue weighted by Gasteiger charge is -2.38. The van der Waals surface area contributed by atoms with E-state index in [4.69, 9.17) is 5.73 Å². The average molecular weight is 356 g/mol. The smallest absolute Gasteiger partial charge is 0.275 e. The fraction of sp³-hybridized carbons (Fsp3) is 0.600. The monoisotopic (exact) mass is 355 g/mol. The molecule has 6 heteroatoms. The van der Waals surface area contributed by atoms with Crippen LogP contribution in [0, 0.1) is 16.0 Å². The van der Waals surface area contributed by atoms with Crippen molar-refractivity contribution in [1.29, 1.82) is 0 Å². The molecule has 0 aliphatic carbocycles. The summed E-state index contributed by atoms with van der Waals surface area (Å²) in [6.07, 6.45) is 3.43. The molecule has 0 saturated carbocycles. The van der Waals surface area contributed by atoms with E-state index in [-0.39, 0.29) is 10.6 Å². The number of nitro benzene ring substituents is 1. The van der Waals surface area contributed by atoms with Gasteiger partial charge in [0.25, 0.3) is 5.69 Å². The van der Waals surface area contributed by atoms with E-state index in [1.54, 1.807) is 6.07 Å². The van der Waals surface area contributed by atoms with Gasteiger partial charge in [-0.25, -0.2) is 0 Å². The number of nitrogens with two attached hydrogens (primary N) is 1. The van der Waals surface area contributed by atoms with Crippen LogP contribution in [-0.4, -0.2) is 29.0 Å². The van der Waals surface area contributed by atoms with Crippen molar-refractivity contribution in [2.75, 3.05) is 13.1 Å².